The molecule has 2 aliphatic rings. The second-order valence-electron chi connectivity index (χ2n) is 6.05. The van der Waals surface area contributed by atoms with E-state index in [1.54, 1.807) is 26.2 Å². The quantitative estimate of drug-likeness (QED) is 0.786. The van der Waals surface area contributed by atoms with Crippen LogP contribution in [0.5, 0.6) is 0 Å². The van der Waals surface area contributed by atoms with Gasteiger partial charge in [-0.25, -0.2) is 8.42 Å². The molecular weight excluding hydrogens is 370 g/mol. The molecule has 9 heteroatoms. The van der Waals surface area contributed by atoms with Gasteiger partial charge in [0.2, 0.25) is 5.91 Å². The summed E-state index contributed by atoms with van der Waals surface area (Å²) in [5.74, 6) is 0.397. The number of fused-ring (bicyclic) bond motifs is 1. The Labute approximate surface area is 150 Å². The molecule has 0 N–H and O–H groups in total. The minimum absolute atomic E-state index is 0.0107. The molecule has 0 bridgehead atoms. The lowest BCUT2D eigenvalue weighted by molar-refractivity contribution is -0.125. The lowest BCUT2D eigenvalue weighted by Gasteiger charge is -2.26. The van der Waals surface area contributed by atoms with E-state index in [2.05, 4.69) is 4.99 Å². The van der Waals surface area contributed by atoms with E-state index < -0.39 is 9.84 Å². The van der Waals surface area contributed by atoms with Gasteiger partial charge >= 0.3 is 0 Å². The van der Waals surface area contributed by atoms with Crippen LogP contribution in [-0.2, 0) is 14.6 Å². The fourth-order valence-electron chi connectivity index (χ4n) is 2.79. The molecule has 2 atom stereocenters. The van der Waals surface area contributed by atoms with Crippen molar-refractivity contribution >= 4 is 50.0 Å². The molecule has 24 heavy (non-hydrogen) atoms. The zero-order chi connectivity index (χ0) is 17.5. The number of carbonyl (C=O) groups is 1. The number of hydrogen-bond donors (Lipinski definition) is 0. The molecule has 6 nitrogen and oxygen atoms in total. The van der Waals surface area contributed by atoms with Crippen LogP contribution in [0, 0.1) is 0 Å². The zero-order valence-corrected chi connectivity index (χ0v) is 15.7. The summed E-state index contributed by atoms with van der Waals surface area (Å²) in [6.45, 7) is 0. The highest BCUT2D eigenvalue weighted by Crippen LogP contribution is 2.35. The van der Waals surface area contributed by atoms with Crippen molar-refractivity contribution in [3.05, 3.63) is 29.3 Å². The van der Waals surface area contributed by atoms with Crippen molar-refractivity contribution in [1.82, 2.24) is 4.90 Å². The van der Waals surface area contributed by atoms with Crippen LogP contribution in [0.15, 0.2) is 29.3 Å². The molecule has 1 saturated heterocycles. The van der Waals surface area contributed by atoms with E-state index >= 15 is 0 Å². The number of halogens is 1. The van der Waals surface area contributed by atoms with Gasteiger partial charge in [0.05, 0.1) is 29.3 Å². The number of amides is 1. The highest BCUT2D eigenvalue weighted by Gasteiger charge is 2.47. The van der Waals surface area contributed by atoms with Crippen molar-refractivity contribution in [2.24, 2.45) is 4.99 Å². The van der Waals surface area contributed by atoms with E-state index in [4.69, 9.17) is 11.6 Å². The van der Waals surface area contributed by atoms with Crippen molar-refractivity contribution in [3.63, 3.8) is 0 Å². The number of aliphatic imine (C=N–C) groups is 1. The zero-order valence-electron chi connectivity index (χ0n) is 13.3. The summed E-state index contributed by atoms with van der Waals surface area (Å²) in [5, 5.41) is 1.31. The van der Waals surface area contributed by atoms with E-state index in [9.17, 15) is 13.2 Å². The monoisotopic (exact) mass is 387 g/mol. The summed E-state index contributed by atoms with van der Waals surface area (Å²) in [4.78, 5) is 19.9. The average molecular weight is 388 g/mol. The first-order valence-corrected chi connectivity index (χ1v) is 10.6. The number of benzene rings is 1. The maximum atomic E-state index is 12.0. The topological polar surface area (TPSA) is 70.0 Å². The number of hydrogen-bond acceptors (Lipinski definition) is 6. The Bertz CT molecular complexity index is 778. The average Bonchev–Trinajstić information content (AvgIpc) is 2.97. The normalized spacial score (nSPS) is 24.6. The van der Waals surface area contributed by atoms with Gasteiger partial charge in [0.1, 0.15) is 0 Å². The highest BCUT2D eigenvalue weighted by molar-refractivity contribution is 8.14. The van der Waals surface area contributed by atoms with Crippen LogP contribution in [0.1, 0.15) is 0 Å². The third-order valence-electron chi connectivity index (χ3n) is 4.04. The Morgan fingerprint density at radius 1 is 1.33 bits per heavy atom. The molecular formula is C15H18ClN3O3S2. The summed E-state index contributed by atoms with van der Waals surface area (Å²) in [7, 11) is 0.330. The van der Waals surface area contributed by atoms with E-state index in [0.29, 0.717) is 10.2 Å². The van der Waals surface area contributed by atoms with E-state index in [1.807, 2.05) is 17.0 Å². The number of amidine groups is 1. The second kappa shape index (κ2) is 6.57. The van der Waals surface area contributed by atoms with Crippen LogP contribution in [-0.4, -0.2) is 67.8 Å². The fourth-order valence-corrected chi connectivity index (χ4v) is 5.86. The smallest absolute Gasteiger partial charge is 0.232 e. The van der Waals surface area contributed by atoms with E-state index in [1.165, 1.54) is 16.7 Å². The van der Waals surface area contributed by atoms with Crippen LogP contribution in [0.4, 0.5) is 5.69 Å². The van der Waals surface area contributed by atoms with Crippen LogP contribution >= 0.6 is 23.4 Å². The largest absolute Gasteiger partial charge is 0.348 e. The van der Waals surface area contributed by atoms with Gasteiger partial charge < -0.3 is 9.80 Å². The standard InChI is InChI=1S/C15H18ClN3O3S2/c1-18(2)14(20)7-23-15-17-12-8-24(21,22)9-13(12)19(15)11-5-3-10(16)4-6-11/h3-6,12-13H,7-9H2,1-2H3/t12-,13+/m0/s1. The Hall–Kier alpha value is -1.25. The minimum Gasteiger partial charge on any atom is -0.348 e. The lowest BCUT2D eigenvalue weighted by Crippen LogP contribution is -2.39. The molecule has 3 rings (SSSR count). The third-order valence-corrected chi connectivity index (χ3v) is 6.94. The molecule has 1 aromatic carbocycles. The molecule has 1 fully saturated rings. The number of nitrogens with zero attached hydrogens (tertiary/aromatic N) is 3. The number of rotatable bonds is 3. The number of anilines is 1. The van der Waals surface area contributed by atoms with Crippen LogP contribution in [0.2, 0.25) is 5.02 Å². The highest BCUT2D eigenvalue weighted by atomic mass is 35.5. The Balaban J connectivity index is 1.87. The molecule has 0 spiro atoms. The van der Waals surface area contributed by atoms with Crippen molar-refractivity contribution in [1.29, 1.82) is 0 Å². The second-order valence-corrected chi connectivity index (χ2v) is 9.58. The summed E-state index contributed by atoms with van der Waals surface area (Å²) < 4.78 is 23.9. The molecule has 2 heterocycles. The van der Waals surface area contributed by atoms with Crippen molar-refractivity contribution in [2.45, 2.75) is 12.1 Å². The SMILES string of the molecule is CN(C)C(=O)CSC1=N[C@H]2CS(=O)(=O)C[C@H]2N1c1ccc(Cl)cc1. The van der Waals surface area contributed by atoms with E-state index in [-0.39, 0.29) is 35.2 Å². The molecule has 0 saturated carbocycles. The molecule has 0 radical (unpaired) electrons. The van der Waals surface area contributed by atoms with E-state index in [0.717, 1.165) is 5.69 Å². The van der Waals surface area contributed by atoms with Gasteiger partial charge in [-0.3, -0.25) is 9.79 Å². The molecule has 0 unspecified atom stereocenters. The van der Waals surface area contributed by atoms with Gasteiger partial charge in [0.25, 0.3) is 0 Å². The van der Waals surface area contributed by atoms with Gasteiger partial charge in [-0.05, 0) is 24.3 Å². The number of sulfone groups is 1. The number of thioether (sulfide) groups is 1. The van der Waals surface area contributed by atoms with Crippen LogP contribution in [0.3, 0.4) is 0 Å². The van der Waals surface area contributed by atoms with Crippen molar-refractivity contribution in [3.8, 4) is 0 Å². The summed E-state index contributed by atoms with van der Waals surface area (Å²) in [6.07, 6.45) is 0. The maximum Gasteiger partial charge on any atom is 0.232 e. The maximum absolute atomic E-state index is 12.0. The van der Waals surface area contributed by atoms with Gasteiger partial charge in [-0.15, -0.1) is 0 Å². The lowest BCUT2D eigenvalue weighted by atomic mass is 10.1. The predicted octanol–water partition coefficient (Wildman–Crippen LogP) is 1.50. The summed E-state index contributed by atoms with van der Waals surface area (Å²) in [6, 6.07) is 6.73. The first-order chi connectivity index (χ1) is 11.3. The van der Waals surface area contributed by atoms with Gasteiger partial charge in [-0.2, -0.15) is 0 Å². The summed E-state index contributed by atoms with van der Waals surface area (Å²) >= 11 is 7.29. The minimum atomic E-state index is -3.08. The van der Waals surface area contributed by atoms with Crippen LogP contribution in [0.25, 0.3) is 0 Å². The third kappa shape index (κ3) is 3.55. The first kappa shape index (κ1) is 17.6. The Kier molecular flexibility index (Phi) is 4.81. The molecule has 0 aromatic heterocycles. The van der Waals surface area contributed by atoms with Gasteiger partial charge in [0.15, 0.2) is 15.0 Å². The fraction of sp³-hybridized carbons (Fsp3) is 0.467. The molecule has 1 aromatic rings. The predicted molar refractivity (Wildman–Crippen MR) is 98.7 cm³/mol. The first-order valence-electron chi connectivity index (χ1n) is 7.43. The molecule has 0 aliphatic carbocycles. The number of carbonyl (C=O) groups excluding carboxylic acids is 1. The Morgan fingerprint density at radius 2 is 2.00 bits per heavy atom. The molecule has 1 amide bonds. The van der Waals surface area contributed by atoms with Gasteiger partial charge in [-0.1, -0.05) is 23.4 Å². The Morgan fingerprint density at radius 3 is 2.62 bits per heavy atom. The molecule has 2 aliphatic heterocycles. The van der Waals surface area contributed by atoms with Crippen LogP contribution < -0.4 is 4.90 Å². The van der Waals surface area contributed by atoms with Crippen molar-refractivity contribution < 1.29 is 13.2 Å². The summed E-state index contributed by atoms with van der Waals surface area (Å²) in [5.41, 5.74) is 0.840. The van der Waals surface area contributed by atoms with Crippen molar-refractivity contribution in [2.75, 3.05) is 36.3 Å². The molecule has 130 valence electrons. The van der Waals surface area contributed by atoms with Gasteiger partial charge in [0, 0.05) is 24.8 Å².